The van der Waals surface area contributed by atoms with E-state index in [1.54, 1.807) is 30.6 Å². The summed E-state index contributed by atoms with van der Waals surface area (Å²) >= 11 is 12.1. The summed E-state index contributed by atoms with van der Waals surface area (Å²) in [6.45, 7) is 4.38. The van der Waals surface area contributed by atoms with E-state index in [9.17, 15) is 9.59 Å². The number of nitrogens with zero attached hydrogens (tertiary/aromatic N) is 2. The first-order chi connectivity index (χ1) is 16.4. The molecule has 1 saturated heterocycles. The van der Waals surface area contributed by atoms with Crippen molar-refractivity contribution in [2.24, 2.45) is 5.92 Å². The van der Waals surface area contributed by atoms with Crippen molar-refractivity contribution >= 4 is 46.4 Å². The number of carbonyl (C=O) groups excluding carboxylic acids is 2. The summed E-state index contributed by atoms with van der Waals surface area (Å²) in [5.74, 6) is 0.0859. The minimum Gasteiger partial charge on any atom is -0.371 e. The van der Waals surface area contributed by atoms with Crippen LogP contribution in [0.3, 0.4) is 0 Å². The fourth-order valence-electron chi connectivity index (χ4n) is 3.97. The Hall–Kier alpha value is -3.09. The van der Waals surface area contributed by atoms with Gasteiger partial charge in [0.25, 0.3) is 11.8 Å². The number of rotatable bonds is 6. The first kappa shape index (κ1) is 24.0. The van der Waals surface area contributed by atoms with Gasteiger partial charge in [-0.2, -0.15) is 0 Å². The van der Waals surface area contributed by atoms with Gasteiger partial charge in [0.2, 0.25) is 0 Å². The van der Waals surface area contributed by atoms with Crippen LogP contribution >= 0.6 is 23.2 Å². The molecule has 0 unspecified atom stereocenters. The second-order valence-corrected chi connectivity index (χ2v) is 9.37. The molecular formula is C26H26Cl2N4O2. The highest BCUT2D eigenvalue weighted by molar-refractivity contribution is 6.37. The quantitative estimate of drug-likeness (QED) is 0.451. The third-order valence-corrected chi connectivity index (χ3v) is 6.52. The molecule has 0 atom stereocenters. The first-order valence-corrected chi connectivity index (χ1v) is 12.0. The van der Waals surface area contributed by atoms with E-state index >= 15 is 0 Å². The van der Waals surface area contributed by atoms with Gasteiger partial charge in [0, 0.05) is 48.4 Å². The molecule has 1 aliphatic heterocycles. The van der Waals surface area contributed by atoms with E-state index in [1.165, 1.54) is 6.07 Å². The molecule has 1 fully saturated rings. The van der Waals surface area contributed by atoms with Gasteiger partial charge in [-0.15, -0.1) is 0 Å². The predicted molar refractivity (Wildman–Crippen MR) is 137 cm³/mol. The number of hydrogen-bond acceptors (Lipinski definition) is 4. The van der Waals surface area contributed by atoms with Crippen molar-refractivity contribution in [2.45, 2.75) is 26.3 Å². The third kappa shape index (κ3) is 5.88. The fourth-order valence-corrected chi connectivity index (χ4v) is 4.47. The van der Waals surface area contributed by atoms with Gasteiger partial charge >= 0.3 is 0 Å². The van der Waals surface area contributed by atoms with Crippen molar-refractivity contribution < 1.29 is 9.59 Å². The van der Waals surface area contributed by atoms with Crippen LogP contribution < -0.4 is 15.5 Å². The summed E-state index contributed by atoms with van der Waals surface area (Å²) in [5.41, 5.74) is 3.10. The number of pyridine rings is 1. The van der Waals surface area contributed by atoms with E-state index in [0.717, 1.165) is 37.2 Å². The molecule has 176 valence electrons. The number of aromatic nitrogens is 1. The molecule has 1 aromatic heterocycles. The number of anilines is 2. The lowest BCUT2D eigenvalue weighted by Crippen LogP contribution is -2.35. The van der Waals surface area contributed by atoms with Crippen LogP contribution in [0.15, 0.2) is 60.9 Å². The Morgan fingerprint density at radius 3 is 2.53 bits per heavy atom. The standard InChI is InChI=1S/C26H26Cl2N4O2/c1-17-8-11-32(12-9-17)24-7-5-20(31-26(34)21-6-4-19(27)13-23(21)28)14-22(24)25(33)30-16-18-3-2-10-29-15-18/h2-7,10,13-15,17H,8-9,11-12,16H2,1H3,(H,30,33)(H,31,34). The highest BCUT2D eigenvalue weighted by Gasteiger charge is 2.22. The molecule has 2 aromatic carbocycles. The summed E-state index contributed by atoms with van der Waals surface area (Å²) < 4.78 is 0. The van der Waals surface area contributed by atoms with Crippen molar-refractivity contribution in [1.82, 2.24) is 10.3 Å². The highest BCUT2D eigenvalue weighted by Crippen LogP contribution is 2.29. The van der Waals surface area contributed by atoms with Gasteiger partial charge < -0.3 is 15.5 Å². The molecule has 8 heteroatoms. The topological polar surface area (TPSA) is 74.3 Å². The molecule has 2 heterocycles. The van der Waals surface area contributed by atoms with Crippen LogP contribution in [0.25, 0.3) is 0 Å². The molecule has 4 rings (SSSR count). The van der Waals surface area contributed by atoms with Crippen LogP contribution in [-0.4, -0.2) is 29.9 Å². The van der Waals surface area contributed by atoms with Gasteiger partial charge in [-0.1, -0.05) is 36.2 Å². The molecule has 0 bridgehead atoms. The first-order valence-electron chi connectivity index (χ1n) is 11.2. The van der Waals surface area contributed by atoms with Crippen LogP contribution in [-0.2, 0) is 6.54 Å². The van der Waals surface area contributed by atoms with Gasteiger partial charge in [-0.25, -0.2) is 0 Å². The van der Waals surface area contributed by atoms with Gasteiger partial charge in [-0.05, 0) is 66.8 Å². The molecule has 2 N–H and O–H groups in total. The Morgan fingerprint density at radius 2 is 1.82 bits per heavy atom. The minimum absolute atomic E-state index is 0.210. The lowest BCUT2D eigenvalue weighted by molar-refractivity contribution is 0.0950. The monoisotopic (exact) mass is 496 g/mol. The smallest absolute Gasteiger partial charge is 0.257 e. The van der Waals surface area contributed by atoms with Gasteiger partial charge in [0.15, 0.2) is 0 Å². The normalized spacial score (nSPS) is 14.0. The van der Waals surface area contributed by atoms with Gasteiger partial charge in [0.05, 0.1) is 16.1 Å². The van der Waals surface area contributed by atoms with Crippen molar-refractivity contribution in [2.75, 3.05) is 23.3 Å². The van der Waals surface area contributed by atoms with E-state index in [0.29, 0.717) is 34.3 Å². The van der Waals surface area contributed by atoms with Crippen molar-refractivity contribution in [3.8, 4) is 0 Å². The molecule has 34 heavy (non-hydrogen) atoms. The van der Waals surface area contributed by atoms with Crippen LogP contribution in [0.5, 0.6) is 0 Å². The average Bonchev–Trinajstić information content (AvgIpc) is 2.83. The van der Waals surface area contributed by atoms with E-state index in [1.807, 2.05) is 24.3 Å². The maximum Gasteiger partial charge on any atom is 0.257 e. The third-order valence-electron chi connectivity index (χ3n) is 5.97. The van der Waals surface area contributed by atoms with E-state index in [4.69, 9.17) is 23.2 Å². The highest BCUT2D eigenvalue weighted by atomic mass is 35.5. The molecule has 2 amide bonds. The number of nitrogens with one attached hydrogen (secondary N) is 2. The number of benzene rings is 2. The number of piperidine rings is 1. The molecule has 0 spiro atoms. The van der Waals surface area contributed by atoms with E-state index in [2.05, 4.69) is 27.4 Å². The van der Waals surface area contributed by atoms with Crippen molar-refractivity contribution in [3.63, 3.8) is 0 Å². The minimum atomic E-state index is -0.372. The molecule has 6 nitrogen and oxygen atoms in total. The summed E-state index contributed by atoms with van der Waals surface area (Å²) in [6.07, 6.45) is 5.56. The summed E-state index contributed by atoms with van der Waals surface area (Å²) in [7, 11) is 0. The average molecular weight is 497 g/mol. The summed E-state index contributed by atoms with van der Waals surface area (Å²) in [5, 5.41) is 6.54. The maximum absolute atomic E-state index is 13.2. The zero-order chi connectivity index (χ0) is 24.1. The molecule has 0 saturated carbocycles. The zero-order valence-electron chi connectivity index (χ0n) is 18.9. The van der Waals surface area contributed by atoms with Gasteiger partial charge in [-0.3, -0.25) is 14.6 Å². The Kier molecular flexibility index (Phi) is 7.70. The second-order valence-electron chi connectivity index (χ2n) is 8.52. The lowest BCUT2D eigenvalue weighted by Gasteiger charge is -2.33. The lowest BCUT2D eigenvalue weighted by atomic mass is 9.97. The number of halogens is 2. The van der Waals surface area contributed by atoms with E-state index in [-0.39, 0.29) is 16.8 Å². The molecule has 0 radical (unpaired) electrons. The number of hydrogen-bond donors (Lipinski definition) is 2. The summed E-state index contributed by atoms with van der Waals surface area (Å²) in [6, 6.07) is 13.9. The van der Waals surface area contributed by atoms with Crippen molar-refractivity contribution in [1.29, 1.82) is 0 Å². The Balaban J connectivity index is 1.58. The van der Waals surface area contributed by atoms with Crippen molar-refractivity contribution in [3.05, 3.63) is 87.7 Å². The Labute approximate surface area is 209 Å². The zero-order valence-corrected chi connectivity index (χ0v) is 20.4. The number of amides is 2. The number of carbonyl (C=O) groups is 2. The van der Waals surface area contributed by atoms with Gasteiger partial charge in [0.1, 0.15) is 0 Å². The largest absolute Gasteiger partial charge is 0.371 e. The Morgan fingerprint density at radius 1 is 1.03 bits per heavy atom. The predicted octanol–water partition coefficient (Wildman–Crippen LogP) is 5.81. The molecule has 1 aliphatic rings. The fraction of sp³-hybridized carbons (Fsp3) is 0.269. The second kappa shape index (κ2) is 10.9. The maximum atomic E-state index is 13.2. The van der Waals surface area contributed by atoms with Crippen LogP contribution in [0, 0.1) is 5.92 Å². The van der Waals surface area contributed by atoms with Crippen LogP contribution in [0.2, 0.25) is 10.0 Å². The molecule has 0 aliphatic carbocycles. The van der Waals surface area contributed by atoms with E-state index < -0.39 is 0 Å². The summed E-state index contributed by atoms with van der Waals surface area (Å²) in [4.78, 5) is 32.4. The Bertz CT molecular complexity index is 1180. The van der Waals surface area contributed by atoms with Crippen LogP contribution in [0.1, 0.15) is 46.0 Å². The van der Waals surface area contributed by atoms with Crippen LogP contribution in [0.4, 0.5) is 11.4 Å². The SMILES string of the molecule is CC1CCN(c2ccc(NC(=O)c3ccc(Cl)cc3Cl)cc2C(=O)NCc2cccnc2)CC1. The molecular weight excluding hydrogens is 471 g/mol. The molecule has 3 aromatic rings.